The number of aromatic amines is 1. The zero-order chi connectivity index (χ0) is 15.5. The van der Waals surface area contributed by atoms with E-state index >= 15 is 0 Å². The minimum absolute atomic E-state index is 0.00408. The fraction of sp³-hybridized carbons (Fsp3) is 0.375. The molecule has 0 saturated carbocycles. The Hall–Kier alpha value is -1.85. The van der Waals surface area contributed by atoms with E-state index in [9.17, 15) is 4.79 Å². The number of nitrogens with one attached hydrogen (secondary N) is 2. The van der Waals surface area contributed by atoms with Gasteiger partial charge in [0.2, 0.25) is 0 Å². The van der Waals surface area contributed by atoms with Gasteiger partial charge in [-0.25, -0.2) is 0 Å². The molecule has 1 aliphatic heterocycles. The van der Waals surface area contributed by atoms with E-state index in [1.807, 2.05) is 36.2 Å². The van der Waals surface area contributed by atoms with E-state index in [1.54, 1.807) is 6.07 Å². The maximum Gasteiger partial charge on any atom is 0.271 e. The molecule has 1 aliphatic rings. The lowest BCUT2D eigenvalue weighted by atomic mass is 10.1. The van der Waals surface area contributed by atoms with Gasteiger partial charge >= 0.3 is 0 Å². The van der Waals surface area contributed by atoms with E-state index in [2.05, 4.69) is 15.5 Å². The van der Waals surface area contributed by atoms with Crippen LogP contribution >= 0.6 is 11.6 Å². The molecule has 0 radical (unpaired) electrons. The summed E-state index contributed by atoms with van der Waals surface area (Å²) in [5.74, 6) is 0.532. The minimum Gasteiger partial charge on any atom is -0.337 e. The molecular formula is C16H19ClN4O. The van der Waals surface area contributed by atoms with E-state index in [-0.39, 0.29) is 5.91 Å². The highest BCUT2D eigenvalue weighted by molar-refractivity contribution is 6.33. The summed E-state index contributed by atoms with van der Waals surface area (Å²) in [6.07, 6.45) is 1.04. The predicted octanol–water partition coefficient (Wildman–Crippen LogP) is 2.41. The van der Waals surface area contributed by atoms with E-state index in [0.29, 0.717) is 22.3 Å². The number of rotatable bonds is 4. The van der Waals surface area contributed by atoms with E-state index in [4.69, 9.17) is 11.6 Å². The van der Waals surface area contributed by atoms with Crippen molar-refractivity contribution in [3.8, 4) is 11.3 Å². The topological polar surface area (TPSA) is 61.0 Å². The number of hydrogen-bond acceptors (Lipinski definition) is 3. The average Bonchev–Trinajstić information content (AvgIpc) is 3.17. The average molecular weight is 319 g/mol. The van der Waals surface area contributed by atoms with Gasteiger partial charge in [-0.05, 0) is 38.1 Å². The van der Waals surface area contributed by atoms with Crippen LogP contribution in [0, 0.1) is 5.92 Å². The number of likely N-dealkylation sites (tertiary alicyclic amines) is 1. The lowest BCUT2D eigenvalue weighted by Gasteiger charge is -2.15. The van der Waals surface area contributed by atoms with Crippen molar-refractivity contribution in [3.63, 3.8) is 0 Å². The monoisotopic (exact) mass is 318 g/mol. The molecule has 0 bridgehead atoms. The highest BCUT2D eigenvalue weighted by atomic mass is 35.5. The summed E-state index contributed by atoms with van der Waals surface area (Å²) in [4.78, 5) is 14.4. The SMILES string of the molecule is CNC[C@@H]1CCN(C(=O)c2cc(-c3ccccc3Cl)n[nH]2)C1. The van der Waals surface area contributed by atoms with Crippen molar-refractivity contribution in [2.75, 3.05) is 26.7 Å². The second kappa shape index (κ2) is 6.50. The third-order valence-electron chi connectivity index (χ3n) is 4.02. The molecule has 1 atom stereocenters. The predicted molar refractivity (Wildman–Crippen MR) is 87.0 cm³/mol. The number of amides is 1. The molecule has 0 unspecified atom stereocenters. The Morgan fingerprint density at radius 3 is 3.09 bits per heavy atom. The second-order valence-corrected chi connectivity index (χ2v) is 6.02. The van der Waals surface area contributed by atoms with Gasteiger partial charge in [0.25, 0.3) is 5.91 Å². The molecule has 116 valence electrons. The maximum atomic E-state index is 12.5. The van der Waals surface area contributed by atoms with Gasteiger partial charge in [0.1, 0.15) is 5.69 Å². The van der Waals surface area contributed by atoms with Crippen LogP contribution in [0.4, 0.5) is 0 Å². The largest absolute Gasteiger partial charge is 0.337 e. The highest BCUT2D eigenvalue weighted by Crippen LogP contribution is 2.27. The van der Waals surface area contributed by atoms with Gasteiger partial charge in [-0.3, -0.25) is 9.89 Å². The van der Waals surface area contributed by atoms with Crippen LogP contribution in [0.2, 0.25) is 5.02 Å². The first-order chi connectivity index (χ1) is 10.7. The summed E-state index contributed by atoms with van der Waals surface area (Å²) in [7, 11) is 1.94. The zero-order valence-corrected chi connectivity index (χ0v) is 13.2. The summed E-state index contributed by atoms with van der Waals surface area (Å²) in [5, 5.41) is 10.9. The number of aromatic nitrogens is 2. The van der Waals surface area contributed by atoms with Gasteiger partial charge in [-0.1, -0.05) is 29.8 Å². The van der Waals surface area contributed by atoms with Crippen molar-refractivity contribution in [3.05, 3.63) is 41.0 Å². The van der Waals surface area contributed by atoms with Crippen LogP contribution in [0.5, 0.6) is 0 Å². The first-order valence-corrected chi connectivity index (χ1v) is 7.81. The Bertz CT molecular complexity index is 670. The van der Waals surface area contributed by atoms with Crippen LogP contribution in [0.1, 0.15) is 16.9 Å². The number of hydrogen-bond donors (Lipinski definition) is 2. The van der Waals surface area contributed by atoms with Crippen LogP contribution in [-0.4, -0.2) is 47.7 Å². The van der Waals surface area contributed by atoms with Crippen molar-refractivity contribution in [2.24, 2.45) is 5.92 Å². The molecule has 1 fully saturated rings. The maximum absolute atomic E-state index is 12.5. The molecule has 0 spiro atoms. The Labute approximate surface area is 134 Å². The summed E-state index contributed by atoms with van der Waals surface area (Å²) < 4.78 is 0. The fourth-order valence-corrected chi connectivity index (χ4v) is 3.11. The van der Waals surface area contributed by atoms with E-state index in [0.717, 1.165) is 31.6 Å². The lowest BCUT2D eigenvalue weighted by molar-refractivity contribution is 0.0781. The highest BCUT2D eigenvalue weighted by Gasteiger charge is 2.27. The van der Waals surface area contributed by atoms with Crippen LogP contribution in [0.3, 0.4) is 0 Å². The number of carbonyl (C=O) groups is 1. The van der Waals surface area contributed by atoms with Crippen molar-refractivity contribution in [1.82, 2.24) is 20.4 Å². The summed E-state index contributed by atoms with van der Waals surface area (Å²) >= 11 is 6.17. The van der Waals surface area contributed by atoms with Gasteiger partial charge in [-0.15, -0.1) is 0 Å². The lowest BCUT2D eigenvalue weighted by Crippen LogP contribution is -2.30. The third kappa shape index (κ3) is 3.00. The van der Waals surface area contributed by atoms with Crippen molar-refractivity contribution in [2.45, 2.75) is 6.42 Å². The molecule has 0 aliphatic carbocycles. The molecule has 2 heterocycles. The Balaban J connectivity index is 1.74. The molecule has 5 nitrogen and oxygen atoms in total. The van der Waals surface area contributed by atoms with Gasteiger partial charge < -0.3 is 10.2 Å². The summed E-state index contributed by atoms with van der Waals surface area (Å²) in [6, 6.07) is 9.26. The fourth-order valence-electron chi connectivity index (χ4n) is 2.88. The second-order valence-electron chi connectivity index (χ2n) is 5.61. The molecule has 1 amide bonds. The quantitative estimate of drug-likeness (QED) is 0.910. The van der Waals surface area contributed by atoms with Crippen LogP contribution in [0.15, 0.2) is 30.3 Å². The molecule has 6 heteroatoms. The van der Waals surface area contributed by atoms with Crippen LogP contribution < -0.4 is 5.32 Å². The summed E-state index contributed by atoms with van der Waals surface area (Å²) in [5.41, 5.74) is 2.04. The molecule has 3 rings (SSSR count). The van der Waals surface area contributed by atoms with Gasteiger partial charge in [0, 0.05) is 18.7 Å². The first kappa shape index (κ1) is 15.1. The molecule has 1 aromatic heterocycles. The first-order valence-electron chi connectivity index (χ1n) is 7.43. The number of carbonyl (C=O) groups excluding carboxylic acids is 1. The number of nitrogens with zero attached hydrogens (tertiary/aromatic N) is 2. The van der Waals surface area contributed by atoms with Crippen molar-refractivity contribution in [1.29, 1.82) is 0 Å². The molecular weight excluding hydrogens is 300 g/mol. The Morgan fingerprint density at radius 1 is 1.50 bits per heavy atom. The standard InChI is InChI=1S/C16H19ClN4O/c1-18-9-11-6-7-21(10-11)16(22)15-8-14(19-20-15)12-4-2-3-5-13(12)17/h2-5,8,11,18H,6-7,9-10H2,1H3,(H,19,20)/t11-/m0/s1. The van der Waals surface area contributed by atoms with E-state index < -0.39 is 0 Å². The molecule has 2 N–H and O–H groups in total. The smallest absolute Gasteiger partial charge is 0.271 e. The van der Waals surface area contributed by atoms with Crippen molar-refractivity contribution >= 4 is 17.5 Å². The van der Waals surface area contributed by atoms with E-state index in [1.165, 1.54) is 0 Å². The number of benzene rings is 1. The minimum atomic E-state index is 0.00408. The van der Waals surface area contributed by atoms with Gasteiger partial charge in [-0.2, -0.15) is 5.10 Å². The molecule has 22 heavy (non-hydrogen) atoms. The Kier molecular flexibility index (Phi) is 4.45. The summed E-state index contributed by atoms with van der Waals surface area (Å²) in [6.45, 7) is 2.53. The Morgan fingerprint density at radius 2 is 2.32 bits per heavy atom. The normalized spacial score (nSPS) is 17.9. The number of H-pyrrole nitrogens is 1. The van der Waals surface area contributed by atoms with Crippen LogP contribution in [0.25, 0.3) is 11.3 Å². The number of halogens is 1. The zero-order valence-electron chi connectivity index (χ0n) is 12.5. The molecule has 1 saturated heterocycles. The molecule has 2 aromatic rings. The third-order valence-corrected chi connectivity index (χ3v) is 4.35. The van der Waals surface area contributed by atoms with Crippen LogP contribution in [-0.2, 0) is 0 Å². The van der Waals surface area contributed by atoms with Gasteiger partial charge in [0.05, 0.1) is 10.7 Å². The van der Waals surface area contributed by atoms with Gasteiger partial charge in [0.15, 0.2) is 0 Å². The van der Waals surface area contributed by atoms with Crippen molar-refractivity contribution < 1.29 is 4.79 Å². The molecule has 1 aromatic carbocycles.